The van der Waals surface area contributed by atoms with Gasteiger partial charge in [0.25, 0.3) is 0 Å². The molecule has 244 valence electrons. The van der Waals surface area contributed by atoms with Crippen LogP contribution in [0.2, 0.25) is 0 Å². The summed E-state index contributed by atoms with van der Waals surface area (Å²) < 4.78 is 6.40. The third-order valence-corrected chi connectivity index (χ3v) is 10.2. The highest BCUT2D eigenvalue weighted by molar-refractivity contribution is 6.11. The van der Waals surface area contributed by atoms with Crippen molar-refractivity contribution in [2.24, 2.45) is 0 Å². The van der Waals surface area contributed by atoms with E-state index in [4.69, 9.17) is 4.42 Å². The van der Waals surface area contributed by atoms with Crippen molar-refractivity contribution in [2.75, 3.05) is 4.90 Å². The van der Waals surface area contributed by atoms with E-state index >= 15 is 0 Å². The summed E-state index contributed by atoms with van der Waals surface area (Å²) in [4.78, 5) is 2.42. The van der Waals surface area contributed by atoms with Crippen LogP contribution < -0.4 is 4.90 Å². The number of anilines is 3. The van der Waals surface area contributed by atoms with Gasteiger partial charge in [-0.1, -0.05) is 146 Å². The van der Waals surface area contributed by atoms with Crippen LogP contribution in [0.1, 0.15) is 0 Å². The largest absolute Gasteiger partial charge is 0.456 e. The van der Waals surface area contributed by atoms with Gasteiger partial charge in [0.15, 0.2) is 0 Å². The van der Waals surface area contributed by atoms with E-state index in [1.54, 1.807) is 0 Å². The van der Waals surface area contributed by atoms with Crippen LogP contribution in [-0.4, -0.2) is 0 Å². The molecule has 0 atom stereocenters. The van der Waals surface area contributed by atoms with Crippen molar-refractivity contribution in [1.29, 1.82) is 0 Å². The Bertz CT molecular complexity index is 2920. The molecule has 1 aromatic heterocycles. The van der Waals surface area contributed by atoms with E-state index in [1.165, 1.54) is 38.2 Å². The molecule has 10 aromatic rings. The fraction of sp³-hybridized carbons (Fsp3) is 0. The van der Waals surface area contributed by atoms with Crippen molar-refractivity contribution < 1.29 is 4.42 Å². The predicted molar refractivity (Wildman–Crippen MR) is 220 cm³/mol. The average Bonchev–Trinajstić information content (AvgIpc) is 3.57. The van der Waals surface area contributed by atoms with Crippen LogP contribution in [0.3, 0.4) is 0 Å². The van der Waals surface area contributed by atoms with Crippen LogP contribution in [0.15, 0.2) is 205 Å². The number of hydrogen-bond donors (Lipinski definition) is 0. The minimum absolute atomic E-state index is 0.890. The topological polar surface area (TPSA) is 16.4 Å². The summed E-state index contributed by atoms with van der Waals surface area (Å²) in [5, 5.41) is 7.10. The summed E-state index contributed by atoms with van der Waals surface area (Å²) in [6.07, 6.45) is 0. The molecule has 52 heavy (non-hydrogen) atoms. The first-order valence-corrected chi connectivity index (χ1v) is 17.8. The van der Waals surface area contributed by atoms with Crippen LogP contribution >= 0.6 is 0 Å². The molecular weight excluding hydrogens is 631 g/mol. The number of hydrogen-bond acceptors (Lipinski definition) is 2. The fourth-order valence-corrected chi connectivity index (χ4v) is 7.67. The second kappa shape index (κ2) is 12.5. The SMILES string of the molecule is c1ccc(-c2ccccc2N(c2cccc(-c3ccc4ccccc4c3)c2)c2ccccc2-c2ccc3oc4cc5ccccc5cc4c3c2)cc1. The van der Waals surface area contributed by atoms with Gasteiger partial charge in [0.05, 0.1) is 11.4 Å². The van der Waals surface area contributed by atoms with Gasteiger partial charge in [-0.2, -0.15) is 0 Å². The Morgan fingerprint density at radius 2 is 0.865 bits per heavy atom. The average molecular weight is 664 g/mol. The van der Waals surface area contributed by atoms with Crippen LogP contribution in [0, 0.1) is 0 Å². The Labute approximate surface area is 302 Å². The van der Waals surface area contributed by atoms with Crippen LogP contribution in [0.5, 0.6) is 0 Å². The van der Waals surface area contributed by atoms with Gasteiger partial charge in [-0.3, -0.25) is 0 Å². The minimum atomic E-state index is 0.890. The van der Waals surface area contributed by atoms with Crippen molar-refractivity contribution in [3.63, 3.8) is 0 Å². The first-order valence-electron chi connectivity index (χ1n) is 17.8. The van der Waals surface area contributed by atoms with Crippen molar-refractivity contribution in [3.8, 4) is 33.4 Å². The molecule has 0 unspecified atom stereocenters. The van der Waals surface area contributed by atoms with E-state index in [2.05, 4.69) is 205 Å². The second-order valence-corrected chi connectivity index (χ2v) is 13.4. The zero-order valence-corrected chi connectivity index (χ0v) is 28.4. The third kappa shape index (κ3) is 5.21. The molecule has 2 nitrogen and oxygen atoms in total. The monoisotopic (exact) mass is 663 g/mol. The maximum Gasteiger partial charge on any atom is 0.136 e. The lowest BCUT2D eigenvalue weighted by Gasteiger charge is -2.30. The Balaban J connectivity index is 1.18. The third-order valence-electron chi connectivity index (χ3n) is 10.2. The highest BCUT2D eigenvalue weighted by Gasteiger charge is 2.21. The molecule has 2 heteroatoms. The molecule has 0 aliphatic heterocycles. The first-order chi connectivity index (χ1) is 25.8. The van der Waals surface area contributed by atoms with Gasteiger partial charge in [0, 0.05) is 27.6 Å². The Hall–Kier alpha value is -6.90. The molecule has 0 fully saturated rings. The van der Waals surface area contributed by atoms with E-state index in [-0.39, 0.29) is 0 Å². The molecule has 1 heterocycles. The van der Waals surface area contributed by atoms with Crippen LogP contribution in [0.4, 0.5) is 17.1 Å². The normalized spacial score (nSPS) is 11.5. The molecule has 9 aromatic carbocycles. The van der Waals surface area contributed by atoms with Gasteiger partial charge >= 0.3 is 0 Å². The molecule has 0 saturated heterocycles. The van der Waals surface area contributed by atoms with Crippen LogP contribution in [-0.2, 0) is 0 Å². The fourth-order valence-electron chi connectivity index (χ4n) is 7.67. The van der Waals surface area contributed by atoms with Gasteiger partial charge in [0.2, 0.25) is 0 Å². The molecule has 0 aliphatic rings. The maximum absolute atomic E-state index is 6.40. The van der Waals surface area contributed by atoms with E-state index < -0.39 is 0 Å². The lowest BCUT2D eigenvalue weighted by Crippen LogP contribution is -2.12. The Kier molecular flexibility index (Phi) is 7.18. The van der Waals surface area contributed by atoms with Crippen molar-refractivity contribution in [3.05, 3.63) is 200 Å². The molecule has 0 amide bonds. The van der Waals surface area contributed by atoms with Gasteiger partial charge in [-0.25, -0.2) is 0 Å². The number of nitrogens with zero attached hydrogens (tertiary/aromatic N) is 1. The van der Waals surface area contributed by atoms with Crippen molar-refractivity contribution >= 4 is 60.5 Å². The summed E-state index contributed by atoms with van der Waals surface area (Å²) in [6, 6.07) is 71.9. The van der Waals surface area contributed by atoms with E-state index in [0.717, 1.165) is 55.7 Å². The van der Waals surface area contributed by atoms with Gasteiger partial charge in [0.1, 0.15) is 11.2 Å². The summed E-state index contributed by atoms with van der Waals surface area (Å²) in [7, 11) is 0. The molecule has 0 N–H and O–H groups in total. The number of fused-ring (bicyclic) bond motifs is 5. The lowest BCUT2D eigenvalue weighted by molar-refractivity contribution is 0.669. The van der Waals surface area contributed by atoms with Gasteiger partial charge in [-0.15, -0.1) is 0 Å². The molecular formula is C50H33NO. The molecule has 0 saturated carbocycles. The summed E-state index contributed by atoms with van der Waals surface area (Å²) >= 11 is 0. The van der Waals surface area contributed by atoms with Crippen molar-refractivity contribution in [1.82, 2.24) is 0 Å². The molecule has 0 radical (unpaired) electrons. The van der Waals surface area contributed by atoms with E-state index in [1.807, 2.05) is 0 Å². The number of furan rings is 1. The minimum Gasteiger partial charge on any atom is -0.456 e. The molecule has 10 rings (SSSR count). The quantitative estimate of drug-likeness (QED) is 0.176. The predicted octanol–water partition coefficient (Wildman–Crippen LogP) is 14.4. The van der Waals surface area contributed by atoms with Gasteiger partial charge < -0.3 is 9.32 Å². The number of benzene rings is 9. The van der Waals surface area contributed by atoms with E-state index in [9.17, 15) is 0 Å². The Morgan fingerprint density at radius 1 is 0.308 bits per heavy atom. The second-order valence-electron chi connectivity index (χ2n) is 13.4. The zero-order valence-electron chi connectivity index (χ0n) is 28.4. The summed E-state index contributed by atoms with van der Waals surface area (Å²) in [6.45, 7) is 0. The molecule has 0 aliphatic carbocycles. The maximum atomic E-state index is 6.40. The Morgan fingerprint density at radius 3 is 1.63 bits per heavy atom. The van der Waals surface area contributed by atoms with Gasteiger partial charge in [-0.05, 0) is 98.4 Å². The summed E-state index contributed by atoms with van der Waals surface area (Å²) in [5.41, 5.74) is 12.0. The highest BCUT2D eigenvalue weighted by Crippen LogP contribution is 2.46. The van der Waals surface area contributed by atoms with E-state index in [0.29, 0.717) is 0 Å². The highest BCUT2D eigenvalue weighted by atomic mass is 16.3. The summed E-state index contributed by atoms with van der Waals surface area (Å²) in [5.74, 6) is 0. The van der Waals surface area contributed by atoms with Crippen molar-refractivity contribution in [2.45, 2.75) is 0 Å². The zero-order chi connectivity index (χ0) is 34.4. The smallest absolute Gasteiger partial charge is 0.136 e. The molecule has 0 bridgehead atoms. The number of rotatable bonds is 6. The number of para-hydroxylation sites is 2. The van der Waals surface area contributed by atoms with Crippen LogP contribution in [0.25, 0.3) is 76.9 Å². The lowest BCUT2D eigenvalue weighted by atomic mass is 9.96. The first kappa shape index (κ1) is 30.0. The standard InChI is InChI=1S/C50H33NO/c1-2-14-35(15-3-1)43-21-8-10-23-47(43)51(42-20-12-19-37(30-42)40-26-25-34-13-4-5-16-36(34)29-40)48-24-11-9-22-44(48)41-27-28-49-45(32-41)46-31-38-17-6-7-18-39(38)33-50(46)52-49/h1-33H. The molecule has 0 spiro atoms.